The van der Waals surface area contributed by atoms with Crippen LogP contribution >= 0.6 is 0 Å². The van der Waals surface area contributed by atoms with Crippen LogP contribution < -0.4 is 5.53 Å². The van der Waals surface area contributed by atoms with Crippen LogP contribution in [0.3, 0.4) is 0 Å². The quantitative estimate of drug-likeness (QED) is 0.543. The molecule has 0 saturated heterocycles. The molecule has 1 unspecified atom stereocenters. The standard InChI is InChI=1S/C4H6F3N3/c1-10-3(2-8-9-10)4(5,6)7/h2-3,9H,1H3. The Morgan fingerprint density at radius 1 is 1.60 bits per heavy atom. The maximum Gasteiger partial charge on any atom is 0.410 e. The van der Waals surface area contributed by atoms with Crippen molar-refractivity contribution in [2.24, 2.45) is 5.10 Å². The van der Waals surface area contributed by atoms with Crippen LogP contribution in [0, 0.1) is 0 Å². The summed E-state index contributed by atoms with van der Waals surface area (Å²) in [6.07, 6.45) is -3.41. The van der Waals surface area contributed by atoms with Gasteiger partial charge in [0.25, 0.3) is 0 Å². The number of hydrogen-bond donors (Lipinski definition) is 1. The van der Waals surface area contributed by atoms with Gasteiger partial charge >= 0.3 is 6.18 Å². The fourth-order valence-electron chi connectivity index (χ4n) is 0.661. The minimum Gasteiger partial charge on any atom is -0.240 e. The molecule has 1 heterocycles. The molecule has 1 aliphatic heterocycles. The van der Waals surface area contributed by atoms with Crippen LogP contribution in [0.25, 0.3) is 0 Å². The summed E-state index contributed by atoms with van der Waals surface area (Å²) in [5, 5.41) is 4.13. The van der Waals surface area contributed by atoms with E-state index in [0.717, 1.165) is 11.2 Å². The van der Waals surface area contributed by atoms with Gasteiger partial charge in [-0.1, -0.05) is 0 Å². The third-order valence-corrected chi connectivity index (χ3v) is 1.18. The normalized spacial score (nSPS) is 27.0. The topological polar surface area (TPSA) is 27.6 Å². The second-order valence-electron chi connectivity index (χ2n) is 1.98. The molecule has 0 aromatic carbocycles. The van der Waals surface area contributed by atoms with E-state index in [4.69, 9.17) is 0 Å². The molecule has 6 heteroatoms. The first kappa shape index (κ1) is 7.33. The molecule has 1 atom stereocenters. The first-order valence-electron chi connectivity index (χ1n) is 2.60. The smallest absolute Gasteiger partial charge is 0.240 e. The van der Waals surface area contributed by atoms with Crippen molar-refractivity contribution in [1.29, 1.82) is 0 Å². The van der Waals surface area contributed by atoms with E-state index in [0.29, 0.717) is 0 Å². The summed E-state index contributed by atoms with van der Waals surface area (Å²) in [6.45, 7) is 0. The molecule has 1 aliphatic rings. The van der Waals surface area contributed by atoms with Crippen molar-refractivity contribution in [2.75, 3.05) is 7.05 Å². The fourth-order valence-corrected chi connectivity index (χ4v) is 0.661. The van der Waals surface area contributed by atoms with Crippen molar-refractivity contribution < 1.29 is 13.2 Å². The van der Waals surface area contributed by atoms with Crippen LogP contribution in [0.2, 0.25) is 0 Å². The molecule has 10 heavy (non-hydrogen) atoms. The number of hydrazine groups is 1. The van der Waals surface area contributed by atoms with Gasteiger partial charge < -0.3 is 0 Å². The van der Waals surface area contributed by atoms with Crippen molar-refractivity contribution in [3.8, 4) is 0 Å². The molecule has 58 valence electrons. The molecule has 1 N–H and O–H groups in total. The molecule has 0 saturated carbocycles. The fraction of sp³-hybridized carbons (Fsp3) is 0.750. The summed E-state index contributed by atoms with van der Waals surface area (Å²) < 4.78 is 35.5. The average molecular weight is 153 g/mol. The Kier molecular flexibility index (Phi) is 1.55. The predicted octanol–water partition coefficient (Wildman–Crippen LogP) is 0.353. The summed E-state index contributed by atoms with van der Waals surface area (Å²) in [5.41, 5.74) is 2.16. The zero-order chi connectivity index (χ0) is 7.78. The van der Waals surface area contributed by atoms with Gasteiger partial charge in [0.2, 0.25) is 0 Å². The van der Waals surface area contributed by atoms with Gasteiger partial charge in [-0.2, -0.15) is 23.3 Å². The molecule has 0 fully saturated rings. The van der Waals surface area contributed by atoms with Crippen molar-refractivity contribution in [3.05, 3.63) is 0 Å². The maximum absolute atomic E-state index is 11.8. The van der Waals surface area contributed by atoms with Gasteiger partial charge in [-0.05, 0) is 0 Å². The van der Waals surface area contributed by atoms with E-state index in [1.165, 1.54) is 7.05 Å². The monoisotopic (exact) mass is 153 g/mol. The van der Waals surface area contributed by atoms with Crippen molar-refractivity contribution in [2.45, 2.75) is 12.2 Å². The molecule has 0 spiro atoms. The Labute approximate surface area is 55.5 Å². The Bertz CT molecular complexity index is 152. The van der Waals surface area contributed by atoms with Gasteiger partial charge in [-0.3, -0.25) is 0 Å². The lowest BCUT2D eigenvalue weighted by molar-refractivity contribution is -0.162. The van der Waals surface area contributed by atoms with E-state index < -0.39 is 12.2 Å². The number of rotatable bonds is 0. The third-order valence-electron chi connectivity index (χ3n) is 1.18. The largest absolute Gasteiger partial charge is 0.410 e. The summed E-state index contributed by atoms with van der Waals surface area (Å²) >= 11 is 0. The van der Waals surface area contributed by atoms with Crippen LogP contribution in [0.1, 0.15) is 0 Å². The summed E-state index contributed by atoms with van der Waals surface area (Å²) in [4.78, 5) is 0. The minimum atomic E-state index is -4.23. The molecular weight excluding hydrogens is 147 g/mol. The summed E-state index contributed by atoms with van der Waals surface area (Å²) in [7, 11) is 1.28. The maximum atomic E-state index is 11.8. The molecule has 0 aromatic heterocycles. The Balaban J connectivity index is 2.64. The van der Waals surface area contributed by atoms with Gasteiger partial charge in [-0.15, -0.1) is 0 Å². The second-order valence-corrected chi connectivity index (χ2v) is 1.98. The van der Waals surface area contributed by atoms with Crippen LogP contribution in [0.5, 0.6) is 0 Å². The number of hydrazone groups is 1. The van der Waals surface area contributed by atoms with E-state index in [1.807, 2.05) is 0 Å². The first-order chi connectivity index (χ1) is 4.52. The highest BCUT2D eigenvalue weighted by atomic mass is 19.4. The highest BCUT2D eigenvalue weighted by Crippen LogP contribution is 2.23. The Hall–Kier alpha value is -0.780. The molecule has 0 aliphatic carbocycles. The number of alkyl halides is 3. The van der Waals surface area contributed by atoms with E-state index in [2.05, 4.69) is 10.6 Å². The van der Waals surface area contributed by atoms with Gasteiger partial charge in [0, 0.05) is 7.05 Å². The van der Waals surface area contributed by atoms with Gasteiger partial charge in [0.05, 0.1) is 6.21 Å². The van der Waals surface area contributed by atoms with Crippen LogP contribution in [-0.4, -0.2) is 30.5 Å². The zero-order valence-electron chi connectivity index (χ0n) is 5.18. The van der Waals surface area contributed by atoms with E-state index in [-0.39, 0.29) is 0 Å². The molecule has 0 radical (unpaired) electrons. The van der Waals surface area contributed by atoms with E-state index >= 15 is 0 Å². The average Bonchev–Trinajstić information content (AvgIpc) is 2.11. The van der Waals surface area contributed by atoms with E-state index in [9.17, 15) is 13.2 Å². The predicted molar refractivity (Wildman–Crippen MR) is 29.2 cm³/mol. The summed E-state index contributed by atoms with van der Waals surface area (Å²) in [5.74, 6) is 0. The van der Waals surface area contributed by atoms with Gasteiger partial charge in [0.15, 0.2) is 6.04 Å². The highest BCUT2D eigenvalue weighted by Gasteiger charge is 2.43. The van der Waals surface area contributed by atoms with E-state index in [1.54, 1.807) is 0 Å². The minimum absolute atomic E-state index is 0.819. The molecule has 0 amide bonds. The number of nitrogens with one attached hydrogen (secondary N) is 1. The zero-order valence-corrected chi connectivity index (χ0v) is 5.18. The SMILES string of the molecule is CN1NN=CC1C(F)(F)F. The van der Waals surface area contributed by atoms with Crippen molar-refractivity contribution >= 4 is 6.21 Å². The molecule has 0 aromatic rings. The van der Waals surface area contributed by atoms with Crippen LogP contribution in [0.15, 0.2) is 5.10 Å². The Morgan fingerprint density at radius 3 is 2.40 bits per heavy atom. The second kappa shape index (κ2) is 2.12. The van der Waals surface area contributed by atoms with Crippen LogP contribution in [-0.2, 0) is 0 Å². The number of halogens is 3. The molecule has 1 rings (SSSR count). The lowest BCUT2D eigenvalue weighted by Crippen LogP contribution is -2.44. The van der Waals surface area contributed by atoms with Gasteiger partial charge in [-0.25, -0.2) is 5.53 Å². The lowest BCUT2D eigenvalue weighted by Gasteiger charge is -2.19. The molecular formula is C4H6F3N3. The van der Waals surface area contributed by atoms with Crippen molar-refractivity contribution in [3.63, 3.8) is 0 Å². The molecule has 3 nitrogen and oxygen atoms in total. The molecule has 0 bridgehead atoms. The number of hydrogen-bond acceptors (Lipinski definition) is 3. The number of nitrogens with zero attached hydrogens (tertiary/aromatic N) is 2. The highest BCUT2D eigenvalue weighted by molar-refractivity contribution is 5.66. The lowest BCUT2D eigenvalue weighted by atomic mass is 10.3. The van der Waals surface area contributed by atoms with Crippen LogP contribution in [0.4, 0.5) is 13.2 Å². The van der Waals surface area contributed by atoms with Gasteiger partial charge in [0.1, 0.15) is 0 Å². The summed E-state index contributed by atoms with van der Waals surface area (Å²) in [6, 6.07) is -1.59. The third kappa shape index (κ3) is 1.21. The van der Waals surface area contributed by atoms with Crippen molar-refractivity contribution in [1.82, 2.24) is 10.5 Å². The first-order valence-corrected chi connectivity index (χ1v) is 2.60. The Morgan fingerprint density at radius 2 is 2.20 bits per heavy atom.